The third kappa shape index (κ3) is 4.57. The van der Waals surface area contributed by atoms with Crippen LogP contribution >= 0.6 is 0 Å². The van der Waals surface area contributed by atoms with Gasteiger partial charge in [-0.15, -0.1) is 0 Å². The summed E-state index contributed by atoms with van der Waals surface area (Å²) in [6.45, 7) is 7.25. The van der Waals surface area contributed by atoms with Crippen LogP contribution in [-0.4, -0.2) is 12.5 Å². The topological polar surface area (TPSA) is 55.1 Å². The Morgan fingerprint density at radius 2 is 2.12 bits per heavy atom. The molecule has 1 atom stereocenters. The van der Waals surface area contributed by atoms with E-state index in [0.717, 1.165) is 0 Å². The quantitative estimate of drug-likeness (QED) is 0.817. The van der Waals surface area contributed by atoms with E-state index in [4.69, 9.17) is 5.73 Å². The first kappa shape index (κ1) is 13.7. The average molecular weight is 234 g/mol. The highest BCUT2D eigenvalue weighted by Crippen LogP contribution is 2.10. The predicted molar refractivity (Wildman–Crippen MR) is 70.6 cm³/mol. The minimum Gasteiger partial charge on any atom is -0.352 e. The first-order valence-corrected chi connectivity index (χ1v) is 6.05. The summed E-state index contributed by atoms with van der Waals surface area (Å²) in [6.07, 6.45) is 0.501. The van der Waals surface area contributed by atoms with Gasteiger partial charge < -0.3 is 11.1 Å². The third-order valence-corrected chi connectivity index (χ3v) is 2.92. The lowest BCUT2D eigenvalue weighted by molar-refractivity contribution is -0.122. The number of hydrogen-bond acceptors (Lipinski definition) is 2. The average Bonchev–Trinajstić information content (AvgIpc) is 2.30. The maximum Gasteiger partial charge on any atom is 0.220 e. The van der Waals surface area contributed by atoms with Crippen molar-refractivity contribution < 1.29 is 4.79 Å². The van der Waals surface area contributed by atoms with Gasteiger partial charge in [0, 0.05) is 13.0 Å². The van der Waals surface area contributed by atoms with Crippen molar-refractivity contribution in [2.75, 3.05) is 6.54 Å². The molecule has 0 aliphatic rings. The molecule has 0 aliphatic carbocycles. The lowest BCUT2D eigenvalue weighted by atomic mass is 10.1. The molecule has 1 amide bonds. The number of nitrogens with one attached hydrogen (secondary N) is 1. The van der Waals surface area contributed by atoms with Crippen molar-refractivity contribution in [2.45, 2.75) is 33.7 Å². The maximum absolute atomic E-state index is 11.6. The van der Waals surface area contributed by atoms with Gasteiger partial charge in [0.15, 0.2) is 0 Å². The Hall–Kier alpha value is -1.35. The second-order valence-corrected chi connectivity index (χ2v) is 4.75. The number of nitrogens with two attached hydrogens (primary N) is 1. The molecule has 0 aromatic heterocycles. The van der Waals surface area contributed by atoms with E-state index >= 15 is 0 Å². The zero-order valence-electron chi connectivity index (χ0n) is 10.9. The van der Waals surface area contributed by atoms with Gasteiger partial charge in [0.1, 0.15) is 0 Å². The number of hydrogen-bond donors (Lipinski definition) is 2. The predicted octanol–water partition coefficient (Wildman–Crippen LogP) is 1.90. The molecule has 0 spiro atoms. The Morgan fingerprint density at radius 1 is 1.41 bits per heavy atom. The van der Waals surface area contributed by atoms with Crippen molar-refractivity contribution >= 4 is 5.91 Å². The smallest absolute Gasteiger partial charge is 0.220 e. The molecule has 1 unspecified atom stereocenters. The van der Waals surface area contributed by atoms with E-state index in [1.165, 1.54) is 16.7 Å². The van der Waals surface area contributed by atoms with Crippen molar-refractivity contribution in [3.05, 3.63) is 34.9 Å². The van der Waals surface area contributed by atoms with Gasteiger partial charge in [0.05, 0.1) is 0 Å². The summed E-state index contributed by atoms with van der Waals surface area (Å²) in [7, 11) is 0. The molecule has 0 aliphatic heterocycles. The van der Waals surface area contributed by atoms with E-state index in [9.17, 15) is 4.79 Å². The molecule has 0 radical (unpaired) electrons. The molecule has 0 fully saturated rings. The van der Waals surface area contributed by atoms with E-state index in [1.54, 1.807) is 0 Å². The molecule has 1 aromatic carbocycles. The summed E-state index contributed by atoms with van der Waals surface area (Å²) in [5, 5.41) is 2.94. The summed E-state index contributed by atoms with van der Waals surface area (Å²) in [4.78, 5) is 11.6. The van der Waals surface area contributed by atoms with E-state index in [-0.39, 0.29) is 11.8 Å². The highest BCUT2D eigenvalue weighted by atomic mass is 16.1. The standard InChI is InChI=1S/C14H22N2O/c1-10-4-5-12(3)13(6-10)9-16-14(17)7-11(2)8-15/h4-6,11H,7-9,15H2,1-3H3,(H,16,17). The van der Waals surface area contributed by atoms with Crippen LogP contribution in [0.4, 0.5) is 0 Å². The number of benzene rings is 1. The Morgan fingerprint density at radius 3 is 2.76 bits per heavy atom. The SMILES string of the molecule is Cc1ccc(C)c(CNC(=O)CC(C)CN)c1. The van der Waals surface area contributed by atoms with Gasteiger partial charge in [-0.1, -0.05) is 30.7 Å². The Bertz CT molecular complexity index is 388. The van der Waals surface area contributed by atoms with Crippen LogP contribution in [0.15, 0.2) is 18.2 Å². The van der Waals surface area contributed by atoms with Gasteiger partial charge in [0.25, 0.3) is 0 Å². The number of rotatable bonds is 5. The largest absolute Gasteiger partial charge is 0.352 e. The Balaban J connectivity index is 2.50. The molecule has 0 saturated carbocycles. The number of aryl methyl sites for hydroxylation is 2. The van der Waals surface area contributed by atoms with Gasteiger partial charge in [-0.25, -0.2) is 0 Å². The van der Waals surface area contributed by atoms with Crippen LogP contribution < -0.4 is 11.1 Å². The molecule has 0 heterocycles. The van der Waals surface area contributed by atoms with E-state index in [0.29, 0.717) is 19.5 Å². The molecule has 3 nitrogen and oxygen atoms in total. The lowest BCUT2D eigenvalue weighted by Gasteiger charge is -2.11. The Kier molecular flexibility index (Phi) is 5.16. The summed E-state index contributed by atoms with van der Waals surface area (Å²) >= 11 is 0. The van der Waals surface area contributed by atoms with Gasteiger partial charge in [0.2, 0.25) is 5.91 Å². The van der Waals surface area contributed by atoms with Gasteiger partial charge in [-0.3, -0.25) is 4.79 Å². The molecule has 1 aromatic rings. The zero-order chi connectivity index (χ0) is 12.8. The molecular weight excluding hydrogens is 212 g/mol. The highest BCUT2D eigenvalue weighted by Gasteiger charge is 2.07. The summed E-state index contributed by atoms with van der Waals surface area (Å²) < 4.78 is 0. The molecule has 1 rings (SSSR count). The molecule has 3 N–H and O–H groups in total. The second kappa shape index (κ2) is 6.40. The lowest BCUT2D eigenvalue weighted by Crippen LogP contribution is -2.27. The zero-order valence-corrected chi connectivity index (χ0v) is 10.9. The second-order valence-electron chi connectivity index (χ2n) is 4.75. The van der Waals surface area contributed by atoms with Crippen LogP contribution in [-0.2, 0) is 11.3 Å². The van der Waals surface area contributed by atoms with Crippen LogP contribution in [0.1, 0.15) is 30.0 Å². The number of carbonyl (C=O) groups excluding carboxylic acids is 1. The van der Waals surface area contributed by atoms with E-state index in [2.05, 4.69) is 37.4 Å². The summed E-state index contributed by atoms with van der Waals surface area (Å²) in [6, 6.07) is 6.28. The minimum atomic E-state index is 0.0730. The fraction of sp³-hybridized carbons (Fsp3) is 0.500. The van der Waals surface area contributed by atoms with E-state index in [1.807, 2.05) is 6.92 Å². The summed E-state index contributed by atoms with van der Waals surface area (Å²) in [5.41, 5.74) is 9.10. The van der Waals surface area contributed by atoms with Crippen LogP contribution in [0.5, 0.6) is 0 Å². The fourth-order valence-corrected chi connectivity index (χ4v) is 1.66. The first-order valence-electron chi connectivity index (χ1n) is 6.05. The summed E-state index contributed by atoms with van der Waals surface area (Å²) in [5.74, 6) is 0.317. The van der Waals surface area contributed by atoms with Crippen LogP contribution in [0.3, 0.4) is 0 Å². The van der Waals surface area contributed by atoms with Crippen LogP contribution in [0.2, 0.25) is 0 Å². The molecule has 94 valence electrons. The minimum absolute atomic E-state index is 0.0730. The monoisotopic (exact) mass is 234 g/mol. The normalized spacial score (nSPS) is 12.2. The molecule has 0 saturated heterocycles. The Labute approximate surface area is 103 Å². The molecule has 0 bridgehead atoms. The van der Waals surface area contributed by atoms with E-state index < -0.39 is 0 Å². The van der Waals surface area contributed by atoms with Crippen molar-refractivity contribution in [3.8, 4) is 0 Å². The molecular formula is C14H22N2O. The number of amides is 1. The van der Waals surface area contributed by atoms with Crippen molar-refractivity contribution in [1.82, 2.24) is 5.32 Å². The third-order valence-electron chi connectivity index (χ3n) is 2.92. The fourth-order valence-electron chi connectivity index (χ4n) is 1.66. The van der Waals surface area contributed by atoms with Crippen molar-refractivity contribution in [1.29, 1.82) is 0 Å². The molecule has 3 heteroatoms. The highest BCUT2D eigenvalue weighted by molar-refractivity contribution is 5.76. The van der Waals surface area contributed by atoms with Crippen molar-refractivity contribution in [3.63, 3.8) is 0 Å². The van der Waals surface area contributed by atoms with Gasteiger partial charge in [-0.2, -0.15) is 0 Å². The van der Waals surface area contributed by atoms with Gasteiger partial charge >= 0.3 is 0 Å². The van der Waals surface area contributed by atoms with Crippen LogP contribution in [0.25, 0.3) is 0 Å². The maximum atomic E-state index is 11.6. The van der Waals surface area contributed by atoms with Crippen molar-refractivity contribution in [2.24, 2.45) is 11.7 Å². The van der Waals surface area contributed by atoms with Gasteiger partial charge in [-0.05, 0) is 37.4 Å². The number of carbonyl (C=O) groups is 1. The first-order chi connectivity index (χ1) is 8.02. The molecule has 17 heavy (non-hydrogen) atoms. The van der Waals surface area contributed by atoms with Crippen LogP contribution in [0, 0.1) is 19.8 Å².